The molecule has 0 aromatic carbocycles. The van der Waals surface area contributed by atoms with Crippen LogP contribution in [0.25, 0.3) is 0 Å². The molecule has 0 spiro atoms. The second-order valence-electron chi connectivity index (χ2n) is 3.94. The molecule has 0 bridgehead atoms. The van der Waals surface area contributed by atoms with Gasteiger partial charge in [0.2, 0.25) is 0 Å². The monoisotopic (exact) mass is 454 g/mol. The van der Waals surface area contributed by atoms with Crippen LogP contribution in [0, 0.1) is 11.3 Å². The van der Waals surface area contributed by atoms with Gasteiger partial charge in [-0.05, 0) is 0 Å². The quantitative estimate of drug-likeness (QED) is 0.476. The van der Waals surface area contributed by atoms with Gasteiger partial charge in [0.15, 0.2) is 0 Å². The third-order valence-electron chi connectivity index (χ3n) is 2.64. The van der Waals surface area contributed by atoms with E-state index in [1.807, 2.05) is 0 Å². The number of hydrogen-bond acceptors (Lipinski definition) is 2. The molecule has 1 aliphatic rings. The van der Waals surface area contributed by atoms with E-state index in [1.54, 1.807) is 0 Å². The lowest BCUT2D eigenvalue weighted by Crippen LogP contribution is -2.22. The van der Waals surface area contributed by atoms with Crippen molar-refractivity contribution in [3.8, 4) is 0 Å². The van der Waals surface area contributed by atoms with Crippen molar-refractivity contribution in [3.63, 3.8) is 0 Å². The Labute approximate surface area is 117 Å². The highest BCUT2D eigenvalue weighted by Crippen LogP contribution is 2.62. The summed E-state index contributed by atoms with van der Waals surface area (Å²) in [5.41, 5.74) is 0.0234. The Bertz CT molecular complexity index is 236. The van der Waals surface area contributed by atoms with E-state index in [1.165, 1.54) is 0 Å². The number of alkyl halides is 4. The molecule has 0 aromatic heterocycles. The van der Waals surface area contributed by atoms with E-state index in [4.69, 9.17) is 4.74 Å². The average Bonchev–Trinajstić information content (AvgIpc) is 2.51. The Hall–Kier alpha value is 1.39. The predicted molar refractivity (Wildman–Crippen MR) is 70.4 cm³/mol. The minimum atomic E-state index is -0.365. The van der Waals surface area contributed by atoms with Crippen molar-refractivity contribution < 1.29 is 9.53 Å². The fourth-order valence-electron chi connectivity index (χ4n) is 1.68. The second-order valence-corrected chi connectivity index (χ2v) is 11.9. The van der Waals surface area contributed by atoms with Crippen molar-refractivity contribution in [2.75, 3.05) is 0 Å². The molecule has 0 radical (unpaired) electrons. The topological polar surface area (TPSA) is 26.3 Å². The van der Waals surface area contributed by atoms with Crippen LogP contribution in [-0.2, 0) is 9.53 Å². The first-order chi connectivity index (χ1) is 6.23. The molecule has 1 rings (SSSR count). The maximum atomic E-state index is 10.3. The lowest BCUT2D eigenvalue weighted by molar-refractivity contribution is -0.131. The zero-order valence-corrected chi connectivity index (χ0v) is 14.0. The Morgan fingerprint density at radius 3 is 2.29 bits per heavy atom. The van der Waals surface area contributed by atoms with Gasteiger partial charge in [-0.1, -0.05) is 77.6 Å². The van der Waals surface area contributed by atoms with Gasteiger partial charge in [-0.2, -0.15) is 0 Å². The van der Waals surface area contributed by atoms with E-state index >= 15 is 0 Å². The van der Waals surface area contributed by atoms with Crippen LogP contribution in [0.1, 0.15) is 13.8 Å². The van der Waals surface area contributed by atoms with Gasteiger partial charge in [0.1, 0.15) is 8.25 Å². The maximum absolute atomic E-state index is 10.3. The summed E-state index contributed by atoms with van der Waals surface area (Å²) in [7, 11) is 0. The summed E-state index contributed by atoms with van der Waals surface area (Å²) in [5, 5.41) is 0. The highest BCUT2D eigenvalue weighted by Gasteiger charge is 2.65. The fourth-order valence-corrected chi connectivity index (χ4v) is 3.50. The maximum Gasteiger partial charge on any atom is 0.293 e. The molecular formula is C8H10Br4O2. The second kappa shape index (κ2) is 4.34. The van der Waals surface area contributed by atoms with Crippen molar-refractivity contribution in [2.24, 2.45) is 11.3 Å². The zero-order chi connectivity index (χ0) is 11.1. The van der Waals surface area contributed by atoms with Crippen molar-refractivity contribution in [1.82, 2.24) is 0 Å². The van der Waals surface area contributed by atoms with E-state index in [0.717, 1.165) is 0 Å². The minimum Gasteiger partial charge on any atom is -0.464 e. The summed E-state index contributed by atoms with van der Waals surface area (Å²) < 4.78 is 4.66. The average molecular weight is 458 g/mol. The molecule has 6 heteroatoms. The van der Waals surface area contributed by atoms with Crippen LogP contribution < -0.4 is 0 Å². The minimum absolute atomic E-state index is 0.0172. The summed E-state index contributed by atoms with van der Waals surface area (Å²) in [5.74, 6) is 0.283. The van der Waals surface area contributed by atoms with E-state index in [-0.39, 0.29) is 24.4 Å². The molecule has 0 aliphatic heterocycles. The zero-order valence-electron chi connectivity index (χ0n) is 7.64. The van der Waals surface area contributed by atoms with Crippen molar-refractivity contribution in [2.45, 2.75) is 26.9 Å². The third kappa shape index (κ3) is 2.55. The number of ether oxygens (including phenoxy) is 1. The first-order valence-electron chi connectivity index (χ1n) is 4.02. The number of hydrogen-bond donors (Lipinski definition) is 0. The highest BCUT2D eigenvalue weighted by molar-refractivity contribution is 9.40. The van der Waals surface area contributed by atoms with Crippen LogP contribution >= 0.6 is 63.7 Å². The molecule has 1 fully saturated rings. The summed E-state index contributed by atoms with van der Waals surface area (Å²) in [6, 6.07) is 0. The smallest absolute Gasteiger partial charge is 0.293 e. The van der Waals surface area contributed by atoms with Crippen LogP contribution in [0.3, 0.4) is 0 Å². The first kappa shape index (κ1) is 13.5. The molecule has 0 saturated heterocycles. The molecule has 2 nitrogen and oxygen atoms in total. The summed E-state index contributed by atoms with van der Waals surface area (Å²) in [6.45, 7) is 4.68. The van der Waals surface area contributed by atoms with E-state index < -0.39 is 0 Å². The normalized spacial score (nSPS) is 32.1. The predicted octanol–water partition coefficient (Wildman–Crippen LogP) is 3.79. The Kier molecular flexibility index (Phi) is 4.17. The van der Waals surface area contributed by atoms with Crippen LogP contribution in [-0.4, -0.2) is 19.5 Å². The number of carbonyl (C=O) groups excluding carboxylic acids is 1. The Morgan fingerprint density at radius 1 is 1.43 bits per heavy atom. The highest BCUT2D eigenvalue weighted by atomic mass is 80.0. The lowest BCUT2D eigenvalue weighted by atomic mass is 10.1. The van der Waals surface area contributed by atoms with E-state index in [2.05, 4.69) is 77.6 Å². The SMILES string of the molecule is CC1(C)C(OC=O)C1C(Br)C(Br)(Br)Br. The number of rotatable bonds is 3. The molecule has 0 aromatic rings. The lowest BCUT2D eigenvalue weighted by Gasteiger charge is -2.20. The van der Waals surface area contributed by atoms with Gasteiger partial charge in [0.05, 0.1) is 4.83 Å². The molecule has 3 unspecified atom stereocenters. The molecule has 82 valence electrons. The van der Waals surface area contributed by atoms with Gasteiger partial charge in [-0.15, -0.1) is 0 Å². The number of halogens is 4. The molecular weight excluding hydrogens is 448 g/mol. The van der Waals surface area contributed by atoms with Crippen molar-refractivity contribution >= 4 is 70.2 Å². The van der Waals surface area contributed by atoms with Gasteiger partial charge in [0.25, 0.3) is 6.47 Å². The van der Waals surface area contributed by atoms with Crippen molar-refractivity contribution in [3.05, 3.63) is 0 Å². The van der Waals surface area contributed by atoms with Gasteiger partial charge in [-0.25, -0.2) is 0 Å². The fraction of sp³-hybridized carbons (Fsp3) is 0.875. The molecule has 14 heavy (non-hydrogen) atoms. The van der Waals surface area contributed by atoms with Gasteiger partial charge in [0, 0.05) is 11.3 Å². The van der Waals surface area contributed by atoms with Crippen molar-refractivity contribution in [1.29, 1.82) is 0 Å². The van der Waals surface area contributed by atoms with Crippen LogP contribution in [0.4, 0.5) is 0 Å². The van der Waals surface area contributed by atoms with Gasteiger partial charge < -0.3 is 4.74 Å². The summed E-state index contributed by atoms with van der Waals surface area (Å²) in [4.78, 5) is 10.4. The van der Waals surface area contributed by atoms with Gasteiger partial charge >= 0.3 is 0 Å². The van der Waals surface area contributed by atoms with Gasteiger partial charge in [-0.3, -0.25) is 4.79 Å². The first-order valence-corrected chi connectivity index (χ1v) is 7.32. The Balaban J connectivity index is 2.68. The standard InChI is InChI=1S/C8H10Br4O2/c1-7(2)4(6(7)14-3-13)5(9)8(10,11)12/h3-6H,1-2H3. The number of carbonyl (C=O) groups is 1. The van der Waals surface area contributed by atoms with Crippen LogP contribution in [0.2, 0.25) is 0 Å². The molecule has 0 heterocycles. The van der Waals surface area contributed by atoms with E-state index in [9.17, 15) is 4.79 Å². The molecule has 1 saturated carbocycles. The summed E-state index contributed by atoms with van der Waals surface area (Å²) in [6.07, 6.45) is -0.0172. The molecule has 3 atom stereocenters. The van der Waals surface area contributed by atoms with Crippen LogP contribution in [0.5, 0.6) is 0 Å². The molecule has 1 aliphatic carbocycles. The third-order valence-corrected chi connectivity index (χ3v) is 7.22. The van der Waals surface area contributed by atoms with Crippen LogP contribution in [0.15, 0.2) is 0 Å². The largest absolute Gasteiger partial charge is 0.464 e. The molecule has 0 amide bonds. The van der Waals surface area contributed by atoms with E-state index in [0.29, 0.717) is 6.47 Å². The summed E-state index contributed by atoms with van der Waals surface area (Å²) >= 11 is 13.9. The Morgan fingerprint density at radius 2 is 1.93 bits per heavy atom. The molecule has 0 N–H and O–H groups in total.